The van der Waals surface area contributed by atoms with Crippen LogP contribution in [0.15, 0.2) is 35.2 Å². The summed E-state index contributed by atoms with van der Waals surface area (Å²) in [5.74, 6) is 0. The summed E-state index contributed by atoms with van der Waals surface area (Å²) in [5, 5.41) is 3.68. The number of nitrogens with zero attached hydrogens (tertiary/aromatic N) is 1. The molecule has 0 amide bonds. The molecule has 7 heteroatoms. The predicted molar refractivity (Wildman–Crippen MR) is 74.8 cm³/mol. The molecule has 1 aromatic carbocycles. The summed E-state index contributed by atoms with van der Waals surface area (Å²) in [6, 6.07) is 8.32. The van der Waals surface area contributed by atoms with Crippen LogP contribution in [0, 0.1) is 0 Å². The Morgan fingerprint density at radius 1 is 1.26 bits per heavy atom. The molecule has 0 spiro atoms. The lowest BCUT2D eigenvalue weighted by Crippen LogP contribution is -2.22. The highest BCUT2D eigenvalue weighted by atomic mass is 32.2. The number of thiazole rings is 1. The lowest BCUT2D eigenvalue weighted by Gasteiger charge is -2.09. The van der Waals surface area contributed by atoms with Crippen molar-refractivity contribution in [1.82, 2.24) is 10.3 Å². The average molecular weight is 295 g/mol. The fourth-order valence-electron chi connectivity index (χ4n) is 1.94. The monoisotopic (exact) mass is 295 g/mol. The molecule has 100 valence electrons. The van der Waals surface area contributed by atoms with E-state index in [0.29, 0.717) is 5.13 Å². The quantitative estimate of drug-likeness (QED) is 0.902. The van der Waals surface area contributed by atoms with Crippen molar-refractivity contribution in [2.75, 3.05) is 11.3 Å². The molecule has 1 aliphatic rings. The summed E-state index contributed by atoms with van der Waals surface area (Å²) in [6.07, 6.45) is 0.846. The first-order valence-corrected chi connectivity index (χ1v) is 8.22. The fourth-order valence-corrected chi connectivity index (χ4v) is 4.18. The van der Waals surface area contributed by atoms with Crippen molar-refractivity contribution in [3.8, 4) is 0 Å². The van der Waals surface area contributed by atoms with Gasteiger partial charge in [0.15, 0.2) is 5.13 Å². The van der Waals surface area contributed by atoms with Gasteiger partial charge < -0.3 is 5.32 Å². The number of hydrogen-bond donors (Lipinski definition) is 2. The fraction of sp³-hybridized carbons (Fsp3) is 0.250. The standard InChI is InChI=1S/C12H13N3O2S2/c16-19(17,9-4-2-1-3-5-9)15-12-14-10-6-7-13-8-11(10)18-12/h1-5,13H,6-8H2,(H,14,15). The molecule has 0 aliphatic carbocycles. The maximum Gasteiger partial charge on any atom is 0.263 e. The third kappa shape index (κ3) is 2.63. The van der Waals surface area contributed by atoms with E-state index in [1.54, 1.807) is 30.3 Å². The molecule has 2 aromatic rings. The molecule has 0 bridgehead atoms. The summed E-state index contributed by atoms with van der Waals surface area (Å²) in [6.45, 7) is 1.65. The zero-order valence-electron chi connectivity index (χ0n) is 10.1. The Hall–Kier alpha value is -1.44. The van der Waals surface area contributed by atoms with Crippen molar-refractivity contribution in [1.29, 1.82) is 0 Å². The Labute approximate surface area is 115 Å². The van der Waals surface area contributed by atoms with Gasteiger partial charge in [0.1, 0.15) is 0 Å². The highest BCUT2D eigenvalue weighted by Crippen LogP contribution is 2.27. The summed E-state index contributed by atoms with van der Waals surface area (Å²) in [4.78, 5) is 5.71. The highest BCUT2D eigenvalue weighted by Gasteiger charge is 2.19. The van der Waals surface area contributed by atoms with Crippen molar-refractivity contribution >= 4 is 26.5 Å². The van der Waals surface area contributed by atoms with E-state index in [1.807, 2.05) is 0 Å². The zero-order chi connectivity index (χ0) is 13.3. The molecule has 0 radical (unpaired) electrons. The molecule has 0 fully saturated rings. The predicted octanol–water partition coefficient (Wildman–Crippen LogP) is 1.59. The molecule has 1 aliphatic heterocycles. The van der Waals surface area contributed by atoms with E-state index in [4.69, 9.17) is 0 Å². The van der Waals surface area contributed by atoms with E-state index >= 15 is 0 Å². The Bertz CT molecular complexity index is 657. The molecule has 0 atom stereocenters. The van der Waals surface area contributed by atoms with Crippen molar-refractivity contribution in [3.05, 3.63) is 40.9 Å². The molecule has 3 rings (SSSR count). The van der Waals surface area contributed by atoms with Crippen LogP contribution in [0.25, 0.3) is 0 Å². The molecule has 19 heavy (non-hydrogen) atoms. The number of nitrogens with one attached hydrogen (secondary N) is 2. The van der Waals surface area contributed by atoms with Crippen LogP contribution < -0.4 is 10.0 Å². The van der Waals surface area contributed by atoms with Crippen molar-refractivity contribution < 1.29 is 8.42 Å². The number of aromatic nitrogens is 1. The first kappa shape index (κ1) is 12.6. The van der Waals surface area contributed by atoms with Gasteiger partial charge in [0, 0.05) is 24.4 Å². The van der Waals surface area contributed by atoms with E-state index in [-0.39, 0.29) is 4.90 Å². The van der Waals surface area contributed by atoms with Gasteiger partial charge in [-0.1, -0.05) is 29.5 Å². The normalized spacial score (nSPS) is 14.9. The third-order valence-corrected chi connectivity index (χ3v) is 5.37. The number of sulfonamides is 1. The minimum atomic E-state index is -3.54. The van der Waals surface area contributed by atoms with Gasteiger partial charge in [-0.3, -0.25) is 4.72 Å². The molecule has 5 nitrogen and oxygen atoms in total. The number of benzene rings is 1. The Morgan fingerprint density at radius 2 is 2.05 bits per heavy atom. The Morgan fingerprint density at radius 3 is 2.79 bits per heavy atom. The third-order valence-electron chi connectivity index (χ3n) is 2.88. The van der Waals surface area contributed by atoms with Crippen LogP contribution in [0.2, 0.25) is 0 Å². The van der Waals surface area contributed by atoms with Gasteiger partial charge in [0.2, 0.25) is 0 Å². The van der Waals surface area contributed by atoms with Crippen LogP contribution in [0.4, 0.5) is 5.13 Å². The Balaban J connectivity index is 1.87. The van der Waals surface area contributed by atoms with Gasteiger partial charge in [0.05, 0.1) is 10.6 Å². The van der Waals surface area contributed by atoms with Gasteiger partial charge in [-0.25, -0.2) is 13.4 Å². The molecule has 0 saturated carbocycles. The largest absolute Gasteiger partial charge is 0.311 e. The van der Waals surface area contributed by atoms with Crippen LogP contribution >= 0.6 is 11.3 Å². The molecule has 0 saturated heterocycles. The average Bonchev–Trinajstić information content (AvgIpc) is 2.81. The van der Waals surface area contributed by atoms with Gasteiger partial charge >= 0.3 is 0 Å². The van der Waals surface area contributed by atoms with Crippen LogP contribution in [-0.4, -0.2) is 19.9 Å². The molecular weight excluding hydrogens is 282 g/mol. The van der Waals surface area contributed by atoms with E-state index in [9.17, 15) is 8.42 Å². The van der Waals surface area contributed by atoms with E-state index < -0.39 is 10.0 Å². The van der Waals surface area contributed by atoms with Crippen molar-refractivity contribution in [2.24, 2.45) is 0 Å². The van der Waals surface area contributed by atoms with Crippen LogP contribution in [0.1, 0.15) is 10.6 Å². The first-order chi connectivity index (χ1) is 9.15. The highest BCUT2D eigenvalue weighted by molar-refractivity contribution is 7.93. The summed E-state index contributed by atoms with van der Waals surface area (Å²) in [5.41, 5.74) is 0.995. The van der Waals surface area contributed by atoms with Gasteiger partial charge in [-0.15, -0.1) is 0 Å². The van der Waals surface area contributed by atoms with Crippen molar-refractivity contribution in [3.63, 3.8) is 0 Å². The maximum atomic E-state index is 12.2. The molecule has 2 N–H and O–H groups in total. The molecular formula is C12H13N3O2S2. The summed E-state index contributed by atoms with van der Waals surface area (Å²) < 4.78 is 26.9. The van der Waals surface area contributed by atoms with Gasteiger partial charge in [-0.2, -0.15) is 0 Å². The van der Waals surface area contributed by atoms with Crippen LogP contribution in [-0.2, 0) is 23.0 Å². The minimum Gasteiger partial charge on any atom is -0.311 e. The van der Waals surface area contributed by atoms with Crippen molar-refractivity contribution in [2.45, 2.75) is 17.9 Å². The summed E-state index contributed by atoms with van der Waals surface area (Å²) >= 11 is 1.39. The zero-order valence-corrected chi connectivity index (χ0v) is 11.7. The minimum absolute atomic E-state index is 0.251. The molecule has 1 aromatic heterocycles. The number of hydrogen-bond acceptors (Lipinski definition) is 5. The Kier molecular flexibility index (Phi) is 3.26. The summed E-state index contributed by atoms with van der Waals surface area (Å²) in [7, 11) is -3.54. The second-order valence-corrected chi connectivity index (χ2v) is 7.00. The van der Waals surface area contributed by atoms with E-state index in [1.165, 1.54) is 11.3 Å². The van der Waals surface area contributed by atoms with E-state index in [2.05, 4.69) is 15.0 Å². The SMILES string of the molecule is O=S(=O)(Nc1nc2c(s1)CNCC2)c1ccccc1. The first-order valence-electron chi connectivity index (χ1n) is 5.92. The molecule has 2 heterocycles. The smallest absolute Gasteiger partial charge is 0.263 e. The van der Waals surface area contributed by atoms with Gasteiger partial charge in [-0.05, 0) is 12.1 Å². The topological polar surface area (TPSA) is 71.1 Å². The molecule has 0 unspecified atom stereocenters. The van der Waals surface area contributed by atoms with Gasteiger partial charge in [0.25, 0.3) is 10.0 Å². The lowest BCUT2D eigenvalue weighted by atomic mass is 10.2. The second-order valence-electron chi connectivity index (χ2n) is 4.23. The number of fused-ring (bicyclic) bond motifs is 1. The second kappa shape index (κ2) is 4.92. The number of rotatable bonds is 3. The number of anilines is 1. The van der Waals surface area contributed by atoms with Crippen LogP contribution in [0.5, 0.6) is 0 Å². The van der Waals surface area contributed by atoms with Crippen LogP contribution in [0.3, 0.4) is 0 Å². The van der Waals surface area contributed by atoms with E-state index in [0.717, 1.165) is 30.1 Å². The maximum absolute atomic E-state index is 12.2. The lowest BCUT2D eigenvalue weighted by molar-refractivity contribution is 0.601.